The zero-order chi connectivity index (χ0) is 15.0. The second kappa shape index (κ2) is 8.62. The fraction of sp³-hybridized carbons (Fsp3) is 0.588. The summed E-state index contributed by atoms with van der Waals surface area (Å²) in [6, 6.07) is 3.26. The lowest BCUT2D eigenvalue weighted by molar-refractivity contribution is 0.112. The molecular formula is C17H26O3. The number of unbranched alkanes of at least 4 members (excludes halogenated alkanes) is 1. The monoisotopic (exact) mass is 278 g/mol. The van der Waals surface area contributed by atoms with Crippen molar-refractivity contribution in [1.29, 1.82) is 0 Å². The number of benzene rings is 1. The number of hydrogen-bond acceptors (Lipinski definition) is 3. The predicted octanol–water partition coefficient (Wildman–Crippen LogP) is 4.36. The van der Waals surface area contributed by atoms with Crippen LogP contribution in [0.1, 0.15) is 62.4 Å². The van der Waals surface area contributed by atoms with Gasteiger partial charge in [-0.2, -0.15) is 0 Å². The van der Waals surface area contributed by atoms with Gasteiger partial charge in [0.25, 0.3) is 0 Å². The molecule has 0 fully saturated rings. The van der Waals surface area contributed by atoms with Crippen LogP contribution in [0.15, 0.2) is 12.1 Å². The topological polar surface area (TPSA) is 46.5 Å². The number of carbonyl (C=O) groups excluding carboxylic acids is 1. The first-order chi connectivity index (χ1) is 9.62. The number of phenols is 1. The minimum atomic E-state index is -0.00759. The Morgan fingerprint density at radius 1 is 1.30 bits per heavy atom. The zero-order valence-electron chi connectivity index (χ0n) is 12.8. The number of rotatable bonds is 9. The molecule has 1 atom stereocenters. The van der Waals surface area contributed by atoms with Crippen LogP contribution in [-0.2, 0) is 6.42 Å². The molecular weight excluding hydrogens is 252 g/mol. The van der Waals surface area contributed by atoms with E-state index in [0.717, 1.165) is 30.7 Å². The molecule has 1 aromatic carbocycles. The van der Waals surface area contributed by atoms with E-state index in [4.69, 9.17) is 4.74 Å². The highest BCUT2D eigenvalue weighted by Gasteiger charge is 2.09. The zero-order valence-corrected chi connectivity index (χ0v) is 12.8. The number of ether oxygens (including phenoxy) is 1. The van der Waals surface area contributed by atoms with E-state index in [1.165, 1.54) is 12.8 Å². The van der Waals surface area contributed by atoms with Crippen molar-refractivity contribution in [3.8, 4) is 11.5 Å². The Bertz CT molecular complexity index is 426. The Kier molecular flexibility index (Phi) is 7.13. The van der Waals surface area contributed by atoms with Crippen LogP contribution in [0.5, 0.6) is 11.5 Å². The van der Waals surface area contributed by atoms with Gasteiger partial charge in [-0.05, 0) is 36.8 Å². The minimum Gasteiger partial charge on any atom is -0.507 e. The molecule has 3 nitrogen and oxygen atoms in total. The molecule has 1 N–H and O–H groups in total. The molecule has 0 aromatic heterocycles. The number of aldehydes is 1. The van der Waals surface area contributed by atoms with Gasteiger partial charge in [-0.15, -0.1) is 0 Å². The van der Waals surface area contributed by atoms with Crippen LogP contribution < -0.4 is 4.74 Å². The Morgan fingerprint density at radius 3 is 2.65 bits per heavy atom. The molecule has 112 valence electrons. The summed E-state index contributed by atoms with van der Waals surface area (Å²) in [5.74, 6) is 1.46. The third-order valence-electron chi connectivity index (χ3n) is 3.76. The molecule has 0 radical (unpaired) electrons. The predicted molar refractivity (Wildman–Crippen MR) is 81.7 cm³/mol. The van der Waals surface area contributed by atoms with Gasteiger partial charge in [-0.1, -0.05) is 33.6 Å². The van der Waals surface area contributed by atoms with Crippen molar-refractivity contribution in [2.24, 2.45) is 5.92 Å². The fourth-order valence-electron chi connectivity index (χ4n) is 2.12. The van der Waals surface area contributed by atoms with Crippen LogP contribution in [0, 0.1) is 5.92 Å². The molecule has 0 aliphatic rings. The van der Waals surface area contributed by atoms with E-state index in [1.54, 1.807) is 12.1 Å². The molecule has 0 saturated carbocycles. The van der Waals surface area contributed by atoms with E-state index in [-0.39, 0.29) is 5.75 Å². The van der Waals surface area contributed by atoms with Gasteiger partial charge >= 0.3 is 0 Å². The first-order valence-corrected chi connectivity index (χ1v) is 7.56. The summed E-state index contributed by atoms with van der Waals surface area (Å²) in [6.07, 6.45) is 6.09. The first kappa shape index (κ1) is 16.5. The van der Waals surface area contributed by atoms with E-state index in [0.29, 0.717) is 24.2 Å². The van der Waals surface area contributed by atoms with Crippen LogP contribution in [0.3, 0.4) is 0 Å². The van der Waals surface area contributed by atoms with Crippen molar-refractivity contribution in [2.75, 3.05) is 6.61 Å². The Hall–Kier alpha value is -1.51. The number of hydrogen-bond donors (Lipinski definition) is 1. The Balaban J connectivity index is 2.51. The molecule has 0 heterocycles. The van der Waals surface area contributed by atoms with Crippen LogP contribution in [-0.4, -0.2) is 18.0 Å². The van der Waals surface area contributed by atoms with Gasteiger partial charge in [-0.25, -0.2) is 0 Å². The smallest absolute Gasteiger partial charge is 0.153 e. The number of phenolic OH excluding ortho intramolecular Hbond substituents is 1. The molecule has 1 unspecified atom stereocenters. The van der Waals surface area contributed by atoms with E-state index in [9.17, 15) is 9.90 Å². The highest BCUT2D eigenvalue weighted by atomic mass is 16.5. The van der Waals surface area contributed by atoms with Crippen molar-refractivity contribution in [2.45, 2.75) is 52.9 Å². The van der Waals surface area contributed by atoms with Gasteiger partial charge in [0.1, 0.15) is 11.5 Å². The fourth-order valence-corrected chi connectivity index (χ4v) is 2.12. The van der Waals surface area contributed by atoms with Gasteiger partial charge in [-0.3, -0.25) is 4.79 Å². The normalized spacial score (nSPS) is 12.2. The SMILES string of the molecule is CCc1cc(C=O)c(O)cc1OCCCCC(C)CC. The third-order valence-corrected chi connectivity index (χ3v) is 3.76. The van der Waals surface area contributed by atoms with Crippen LogP contribution in [0.4, 0.5) is 0 Å². The summed E-state index contributed by atoms with van der Waals surface area (Å²) in [6.45, 7) is 7.15. The summed E-state index contributed by atoms with van der Waals surface area (Å²) in [7, 11) is 0. The molecule has 1 aromatic rings. The molecule has 1 rings (SSSR count). The van der Waals surface area contributed by atoms with Crippen LogP contribution >= 0.6 is 0 Å². The highest BCUT2D eigenvalue weighted by molar-refractivity contribution is 5.80. The Labute approximate surface area is 122 Å². The number of aromatic hydroxyl groups is 1. The maximum atomic E-state index is 10.8. The number of carbonyl (C=O) groups is 1. The highest BCUT2D eigenvalue weighted by Crippen LogP contribution is 2.28. The van der Waals surface area contributed by atoms with Gasteiger partial charge in [0.2, 0.25) is 0 Å². The molecule has 0 aliphatic heterocycles. The maximum Gasteiger partial charge on any atom is 0.153 e. The Morgan fingerprint density at radius 2 is 2.05 bits per heavy atom. The largest absolute Gasteiger partial charge is 0.507 e. The molecule has 0 spiro atoms. The van der Waals surface area contributed by atoms with Gasteiger partial charge in [0, 0.05) is 6.07 Å². The van der Waals surface area contributed by atoms with Gasteiger partial charge in [0.15, 0.2) is 6.29 Å². The van der Waals surface area contributed by atoms with Crippen molar-refractivity contribution >= 4 is 6.29 Å². The minimum absolute atomic E-state index is 0.00759. The summed E-state index contributed by atoms with van der Waals surface area (Å²) in [4.78, 5) is 10.8. The molecule has 20 heavy (non-hydrogen) atoms. The van der Waals surface area contributed by atoms with Gasteiger partial charge < -0.3 is 9.84 Å². The lowest BCUT2D eigenvalue weighted by Crippen LogP contribution is -2.02. The van der Waals surface area contributed by atoms with E-state index < -0.39 is 0 Å². The van der Waals surface area contributed by atoms with Crippen molar-refractivity contribution < 1.29 is 14.6 Å². The molecule has 0 saturated heterocycles. The van der Waals surface area contributed by atoms with E-state index in [2.05, 4.69) is 13.8 Å². The van der Waals surface area contributed by atoms with Crippen molar-refractivity contribution in [3.05, 3.63) is 23.3 Å². The van der Waals surface area contributed by atoms with Gasteiger partial charge in [0.05, 0.1) is 12.2 Å². The molecule has 0 amide bonds. The number of aryl methyl sites for hydroxylation is 1. The second-order valence-corrected chi connectivity index (χ2v) is 5.35. The average molecular weight is 278 g/mol. The summed E-state index contributed by atoms with van der Waals surface area (Å²) >= 11 is 0. The van der Waals surface area contributed by atoms with Crippen molar-refractivity contribution in [1.82, 2.24) is 0 Å². The van der Waals surface area contributed by atoms with Crippen molar-refractivity contribution in [3.63, 3.8) is 0 Å². The summed E-state index contributed by atoms with van der Waals surface area (Å²) in [5, 5.41) is 9.71. The van der Waals surface area contributed by atoms with E-state index >= 15 is 0 Å². The second-order valence-electron chi connectivity index (χ2n) is 5.35. The first-order valence-electron chi connectivity index (χ1n) is 7.56. The summed E-state index contributed by atoms with van der Waals surface area (Å²) < 4.78 is 5.75. The van der Waals surface area contributed by atoms with E-state index in [1.807, 2.05) is 6.92 Å². The standard InChI is InChI=1S/C17H26O3/c1-4-13(3)8-6-7-9-20-17-11-16(19)15(12-18)10-14(17)5-2/h10-13,19H,4-9H2,1-3H3. The maximum absolute atomic E-state index is 10.8. The molecule has 0 aliphatic carbocycles. The lowest BCUT2D eigenvalue weighted by atomic mass is 10.0. The quantitative estimate of drug-likeness (QED) is 0.539. The van der Waals surface area contributed by atoms with Crippen LogP contribution in [0.25, 0.3) is 0 Å². The molecule has 3 heteroatoms. The molecule has 0 bridgehead atoms. The average Bonchev–Trinajstić information content (AvgIpc) is 2.46. The lowest BCUT2D eigenvalue weighted by Gasteiger charge is -2.13. The summed E-state index contributed by atoms with van der Waals surface area (Å²) in [5.41, 5.74) is 1.29. The van der Waals surface area contributed by atoms with Crippen LogP contribution in [0.2, 0.25) is 0 Å². The third kappa shape index (κ3) is 4.87.